The molecule has 0 radical (unpaired) electrons. The average molecular weight is 290 g/mol. The van der Waals surface area contributed by atoms with Crippen LogP contribution in [-0.4, -0.2) is 47.9 Å². The van der Waals surface area contributed by atoms with Gasteiger partial charge in [0.1, 0.15) is 5.82 Å². The van der Waals surface area contributed by atoms with Gasteiger partial charge in [-0.25, -0.2) is 4.98 Å². The number of carbonyl (C=O) groups is 2. The smallest absolute Gasteiger partial charge is 0.251 e. The normalized spacial score (nSPS) is 18.5. The number of piperidine rings is 1. The van der Waals surface area contributed by atoms with Crippen LogP contribution >= 0.6 is 0 Å². The van der Waals surface area contributed by atoms with Crippen molar-refractivity contribution < 1.29 is 9.59 Å². The summed E-state index contributed by atoms with van der Waals surface area (Å²) in [6, 6.07) is 3.47. The topological polar surface area (TPSA) is 74.3 Å². The summed E-state index contributed by atoms with van der Waals surface area (Å²) < 4.78 is 0. The third kappa shape index (κ3) is 4.18. The fourth-order valence-electron chi connectivity index (χ4n) is 2.32. The fraction of sp³-hybridized carbons (Fsp3) is 0.533. The van der Waals surface area contributed by atoms with E-state index in [1.165, 1.54) is 0 Å². The number of rotatable bonds is 5. The van der Waals surface area contributed by atoms with Gasteiger partial charge in [-0.3, -0.25) is 9.59 Å². The summed E-state index contributed by atoms with van der Waals surface area (Å²) in [7, 11) is 1.76. The van der Waals surface area contributed by atoms with Crippen molar-refractivity contribution in [3.8, 4) is 0 Å². The second-order valence-corrected chi connectivity index (χ2v) is 5.34. The first kappa shape index (κ1) is 15.3. The first-order chi connectivity index (χ1) is 10.1. The Kier molecular flexibility index (Phi) is 5.14. The summed E-state index contributed by atoms with van der Waals surface area (Å²) >= 11 is 0. The lowest BCUT2D eigenvalue weighted by Crippen LogP contribution is -2.48. The molecule has 2 rings (SSSR count). The molecule has 1 fully saturated rings. The van der Waals surface area contributed by atoms with Gasteiger partial charge in [0.25, 0.3) is 5.91 Å². The van der Waals surface area contributed by atoms with Gasteiger partial charge < -0.3 is 15.5 Å². The molecule has 1 aliphatic rings. The summed E-state index contributed by atoms with van der Waals surface area (Å²) in [6.45, 7) is 3.47. The van der Waals surface area contributed by atoms with E-state index in [4.69, 9.17) is 0 Å². The fourth-order valence-corrected chi connectivity index (χ4v) is 2.32. The van der Waals surface area contributed by atoms with Crippen LogP contribution in [0.3, 0.4) is 0 Å². The van der Waals surface area contributed by atoms with Gasteiger partial charge >= 0.3 is 0 Å². The van der Waals surface area contributed by atoms with Crippen LogP contribution in [0.5, 0.6) is 0 Å². The molecular formula is C15H22N4O2. The minimum Gasteiger partial charge on any atom is -0.370 e. The molecule has 2 heterocycles. The van der Waals surface area contributed by atoms with E-state index < -0.39 is 0 Å². The monoisotopic (exact) mass is 290 g/mol. The number of likely N-dealkylation sites (N-methyl/N-ethyl adjacent to an activating group) is 1. The Morgan fingerprint density at radius 3 is 3.05 bits per heavy atom. The number of anilines is 1. The van der Waals surface area contributed by atoms with E-state index in [9.17, 15) is 9.59 Å². The van der Waals surface area contributed by atoms with Gasteiger partial charge in [-0.2, -0.15) is 0 Å². The Morgan fingerprint density at radius 2 is 2.33 bits per heavy atom. The highest BCUT2D eigenvalue weighted by Gasteiger charge is 2.24. The van der Waals surface area contributed by atoms with Crippen molar-refractivity contribution in [3.63, 3.8) is 0 Å². The second-order valence-electron chi connectivity index (χ2n) is 5.34. The minimum absolute atomic E-state index is 0.0143. The molecule has 0 bridgehead atoms. The molecule has 2 N–H and O–H groups in total. The maximum Gasteiger partial charge on any atom is 0.251 e. The molecule has 21 heavy (non-hydrogen) atoms. The lowest BCUT2D eigenvalue weighted by atomic mass is 10.1. The van der Waals surface area contributed by atoms with Crippen molar-refractivity contribution >= 4 is 17.6 Å². The van der Waals surface area contributed by atoms with Crippen molar-refractivity contribution in [2.24, 2.45) is 0 Å². The molecule has 1 saturated heterocycles. The van der Waals surface area contributed by atoms with E-state index in [1.807, 2.05) is 0 Å². The van der Waals surface area contributed by atoms with Crippen molar-refractivity contribution in [2.75, 3.05) is 25.5 Å². The molecule has 6 heteroatoms. The zero-order valence-corrected chi connectivity index (χ0v) is 12.6. The number of hydrogen-bond acceptors (Lipinski definition) is 4. The average Bonchev–Trinajstić information content (AvgIpc) is 2.49. The van der Waals surface area contributed by atoms with Crippen molar-refractivity contribution in [2.45, 2.75) is 32.2 Å². The van der Waals surface area contributed by atoms with Crippen LogP contribution in [0.2, 0.25) is 0 Å². The Labute approximate surface area is 124 Å². The van der Waals surface area contributed by atoms with Crippen molar-refractivity contribution in [3.05, 3.63) is 23.9 Å². The number of nitrogens with one attached hydrogen (secondary N) is 2. The SMILES string of the molecule is CCCNc1cc(C(=O)NC2CCC(=O)N(C)C2)ccn1. The summed E-state index contributed by atoms with van der Waals surface area (Å²) in [5.74, 6) is 0.723. The van der Waals surface area contributed by atoms with Gasteiger partial charge in [-0.1, -0.05) is 6.92 Å². The highest BCUT2D eigenvalue weighted by molar-refractivity contribution is 5.95. The Balaban J connectivity index is 1.95. The van der Waals surface area contributed by atoms with E-state index in [0.717, 1.165) is 13.0 Å². The molecule has 2 amide bonds. The van der Waals surface area contributed by atoms with E-state index >= 15 is 0 Å². The molecule has 1 atom stereocenters. The summed E-state index contributed by atoms with van der Waals surface area (Å²) in [5.41, 5.74) is 0.586. The number of amides is 2. The van der Waals surface area contributed by atoms with Gasteiger partial charge in [0.15, 0.2) is 0 Å². The lowest BCUT2D eigenvalue weighted by molar-refractivity contribution is -0.132. The molecule has 1 aromatic heterocycles. The maximum absolute atomic E-state index is 12.3. The van der Waals surface area contributed by atoms with Gasteiger partial charge in [-0.15, -0.1) is 0 Å². The number of pyridine rings is 1. The van der Waals surface area contributed by atoms with E-state index in [2.05, 4.69) is 22.5 Å². The third-order valence-corrected chi connectivity index (χ3v) is 3.54. The zero-order chi connectivity index (χ0) is 15.2. The van der Waals surface area contributed by atoms with Gasteiger partial charge in [0.05, 0.1) is 0 Å². The van der Waals surface area contributed by atoms with Crippen LogP contribution in [0, 0.1) is 0 Å². The van der Waals surface area contributed by atoms with Crippen LogP contribution in [0.1, 0.15) is 36.5 Å². The second kappa shape index (κ2) is 7.06. The van der Waals surface area contributed by atoms with Crippen LogP contribution in [0.4, 0.5) is 5.82 Å². The molecule has 0 aliphatic carbocycles. The predicted octanol–water partition coefficient (Wildman–Crippen LogP) is 1.25. The van der Waals surface area contributed by atoms with Crippen LogP contribution in [0.25, 0.3) is 0 Å². The third-order valence-electron chi connectivity index (χ3n) is 3.54. The minimum atomic E-state index is -0.121. The highest BCUT2D eigenvalue weighted by Crippen LogP contribution is 2.12. The molecule has 1 unspecified atom stereocenters. The van der Waals surface area contributed by atoms with Gasteiger partial charge in [0.2, 0.25) is 5.91 Å². The molecule has 6 nitrogen and oxygen atoms in total. The molecule has 0 aromatic carbocycles. The number of aromatic nitrogens is 1. The summed E-state index contributed by atoms with van der Waals surface area (Å²) in [5, 5.41) is 6.14. The summed E-state index contributed by atoms with van der Waals surface area (Å²) in [4.78, 5) is 29.5. The van der Waals surface area contributed by atoms with Crippen LogP contribution in [-0.2, 0) is 4.79 Å². The number of carbonyl (C=O) groups excluding carboxylic acids is 2. The highest BCUT2D eigenvalue weighted by atomic mass is 16.2. The van der Waals surface area contributed by atoms with Crippen molar-refractivity contribution in [1.29, 1.82) is 0 Å². The summed E-state index contributed by atoms with van der Waals surface area (Å²) in [6.07, 6.45) is 3.81. The van der Waals surface area contributed by atoms with E-state index in [0.29, 0.717) is 30.8 Å². The molecular weight excluding hydrogens is 268 g/mol. The Bertz CT molecular complexity index is 518. The lowest BCUT2D eigenvalue weighted by Gasteiger charge is -2.30. The number of nitrogens with zero attached hydrogens (tertiary/aromatic N) is 2. The quantitative estimate of drug-likeness (QED) is 0.856. The zero-order valence-electron chi connectivity index (χ0n) is 12.6. The largest absolute Gasteiger partial charge is 0.370 e. The predicted molar refractivity (Wildman–Crippen MR) is 81.1 cm³/mol. The molecule has 0 spiro atoms. The van der Waals surface area contributed by atoms with Crippen molar-refractivity contribution in [1.82, 2.24) is 15.2 Å². The standard InChI is InChI=1S/C15H22N4O2/c1-3-7-16-13-9-11(6-8-17-13)15(21)18-12-4-5-14(20)19(2)10-12/h6,8-9,12H,3-5,7,10H2,1-2H3,(H,16,17)(H,18,21). The number of hydrogen-bond donors (Lipinski definition) is 2. The van der Waals surface area contributed by atoms with Gasteiger partial charge in [0, 0.05) is 44.4 Å². The van der Waals surface area contributed by atoms with E-state index in [1.54, 1.807) is 30.3 Å². The first-order valence-corrected chi connectivity index (χ1v) is 7.35. The van der Waals surface area contributed by atoms with Crippen LogP contribution in [0.15, 0.2) is 18.3 Å². The Morgan fingerprint density at radius 1 is 1.52 bits per heavy atom. The van der Waals surface area contributed by atoms with Gasteiger partial charge in [-0.05, 0) is 25.0 Å². The molecule has 1 aromatic rings. The maximum atomic E-state index is 12.3. The Hall–Kier alpha value is -2.11. The molecule has 114 valence electrons. The number of likely N-dealkylation sites (tertiary alicyclic amines) is 1. The first-order valence-electron chi connectivity index (χ1n) is 7.35. The van der Waals surface area contributed by atoms with Crippen LogP contribution < -0.4 is 10.6 Å². The molecule has 0 saturated carbocycles. The van der Waals surface area contributed by atoms with E-state index in [-0.39, 0.29) is 17.9 Å². The molecule has 1 aliphatic heterocycles.